The van der Waals surface area contributed by atoms with E-state index in [9.17, 15) is 9.90 Å². The number of hydrogen-bond donors (Lipinski definition) is 2. The second kappa shape index (κ2) is 5.51. The quantitative estimate of drug-likeness (QED) is 0.511. The SMILES string of the molecule is Cc1cc(C)c(N=C(N)CCl)c(C(=O)O)c1Br. The Balaban J connectivity index is 3.58. The van der Waals surface area contributed by atoms with E-state index in [0.29, 0.717) is 10.2 Å². The van der Waals surface area contributed by atoms with Gasteiger partial charge in [-0.05, 0) is 40.9 Å². The minimum atomic E-state index is -1.05. The van der Waals surface area contributed by atoms with Gasteiger partial charge in [0.1, 0.15) is 5.84 Å². The van der Waals surface area contributed by atoms with E-state index in [1.807, 2.05) is 13.0 Å². The van der Waals surface area contributed by atoms with Gasteiger partial charge < -0.3 is 10.8 Å². The summed E-state index contributed by atoms with van der Waals surface area (Å²) in [5.41, 5.74) is 7.57. The van der Waals surface area contributed by atoms with Crippen molar-refractivity contribution in [2.45, 2.75) is 13.8 Å². The Morgan fingerprint density at radius 1 is 1.53 bits per heavy atom. The Hall–Kier alpha value is -1.07. The van der Waals surface area contributed by atoms with Gasteiger partial charge in [0.2, 0.25) is 0 Å². The third-order valence-corrected chi connectivity index (χ3v) is 3.51. The molecule has 0 fully saturated rings. The summed E-state index contributed by atoms with van der Waals surface area (Å²) in [6.45, 7) is 3.61. The van der Waals surface area contributed by atoms with Crippen LogP contribution >= 0.6 is 27.5 Å². The minimum absolute atomic E-state index is 0.0595. The zero-order valence-corrected chi connectivity index (χ0v) is 11.8. The molecule has 0 spiro atoms. The van der Waals surface area contributed by atoms with Crippen LogP contribution in [-0.2, 0) is 0 Å². The first kappa shape index (κ1) is 14.0. The lowest BCUT2D eigenvalue weighted by atomic mass is 10.0. The van der Waals surface area contributed by atoms with Gasteiger partial charge in [0.15, 0.2) is 0 Å². The fourth-order valence-electron chi connectivity index (χ4n) is 1.47. The molecule has 6 heteroatoms. The first-order valence-corrected chi connectivity index (χ1v) is 6.13. The number of alkyl halides is 1. The van der Waals surface area contributed by atoms with Crippen LogP contribution in [0, 0.1) is 13.8 Å². The van der Waals surface area contributed by atoms with E-state index < -0.39 is 5.97 Å². The number of benzene rings is 1. The number of nitrogens with two attached hydrogens (primary N) is 1. The molecule has 0 atom stereocenters. The second-order valence-electron chi connectivity index (χ2n) is 3.59. The molecule has 0 aromatic heterocycles. The molecule has 0 saturated heterocycles. The Bertz CT molecular complexity index is 501. The van der Waals surface area contributed by atoms with Gasteiger partial charge in [-0.1, -0.05) is 6.07 Å². The summed E-state index contributed by atoms with van der Waals surface area (Å²) < 4.78 is 0.511. The number of carboxylic acid groups (broad SMARTS) is 1. The van der Waals surface area contributed by atoms with Gasteiger partial charge in [-0.2, -0.15) is 0 Å². The summed E-state index contributed by atoms with van der Waals surface area (Å²) in [6, 6.07) is 1.84. The number of carboxylic acids is 1. The summed E-state index contributed by atoms with van der Waals surface area (Å²) in [6.07, 6.45) is 0. The van der Waals surface area contributed by atoms with Crippen molar-refractivity contribution in [1.82, 2.24) is 0 Å². The number of carbonyl (C=O) groups is 1. The molecule has 3 N–H and O–H groups in total. The lowest BCUT2D eigenvalue weighted by molar-refractivity contribution is 0.0696. The molecule has 1 rings (SSSR count). The molecule has 0 radical (unpaired) electrons. The van der Waals surface area contributed by atoms with Crippen LogP contribution in [0.5, 0.6) is 0 Å². The van der Waals surface area contributed by atoms with Gasteiger partial charge >= 0.3 is 5.97 Å². The van der Waals surface area contributed by atoms with Gasteiger partial charge in [-0.15, -0.1) is 11.6 Å². The predicted octanol–water partition coefficient (Wildman–Crippen LogP) is 2.99. The molecule has 0 aliphatic heterocycles. The van der Waals surface area contributed by atoms with Crippen molar-refractivity contribution in [3.8, 4) is 0 Å². The molecular formula is C11H12BrClN2O2. The molecule has 1 aromatic carbocycles. The van der Waals surface area contributed by atoms with E-state index >= 15 is 0 Å². The van der Waals surface area contributed by atoms with Crippen LogP contribution in [0.1, 0.15) is 21.5 Å². The highest BCUT2D eigenvalue weighted by Gasteiger charge is 2.18. The van der Waals surface area contributed by atoms with E-state index in [1.165, 1.54) is 0 Å². The number of aliphatic imine (C=N–C) groups is 1. The second-order valence-corrected chi connectivity index (χ2v) is 4.65. The maximum atomic E-state index is 11.2. The molecule has 0 amide bonds. The maximum absolute atomic E-state index is 11.2. The average Bonchev–Trinajstić information content (AvgIpc) is 2.25. The number of aromatic carboxylic acids is 1. The molecule has 0 aliphatic carbocycles. The topological polar surface area (TPSA) is 75.7 Å². The van der Waals surface area contributed by atoms with E-state index in [0.717, 1.165) is 11.1 Å². The highest BCUT2D eigenvalue weighted by Crippen LogP contribution is 2.33. The van der Waals surface area contributed by atoms with Crippen molar-refractivity contribution < 1.29 is 9.90 Å². The number of amidine groups is 1. The molecule has 0 bridgehead atoms. The van der Waals surface area contributed by atoms with E-state index in [4.69, 9.17) is 17.3 Å². The summed E-state index contributed by atoms with van der Waals surface area (Å²) in [5.74, 6) is -0.804. The summed E-state index contributed by atoms with van der Waals surface area (Å²) >= 11 is 8.80. The highest BCUT2D eigenvalue weighted by molar-refractivity contribution is 9.10. The first-order valence-electron chi connectivity index (χ1n) is 4.80. The van der Waals surface area contributed by atoms with Gasteiger partial charge in [0, 0.05) is 4.47 Å². The minimum Gasteiger partial charge on any atom is -0.478 e. The Morgan fingerprint density at radius 2 is 2.12 bits per heavy atom. The molecular weight excluding hydrogens is 307 g/mol. The van der Waals surface area contributed by atoms with Crippen LogP contribution in [0.25, 0.3) is 0 Å². The largest absolute Gasteiger partial charge is 0.478 e. The van der Waals surface area contributed by atoms with E-state index in [-0.39, 0.29) is 17.3 Å². The van der Waals surface area contributed by atoms with Crippen LogP contribution in [0.2, 0.25) is 0 Å². The zero-order valence-electron chi connectivity index (χ0n) is 9.42. The molecule has 4 nitrogen and oxygen atoms in total. The normalized spacial score (nSPS) is 11.6. The number of halogens is 2. The lowest BCUT2D eigenvalue weighted by Crippen LogP contribution is -2.13. The van der Waals surface area contributed by atoms with E-state index in [1.54, 1.807) is 6.92 Å². The molecule has 0 heterocycles. The molecule has 1 aromatic rings. The monoisotopic (exact) mass is 318 g/mol. The van der Waals surface area contributed by atoms with Crippen molar-refractivity contribution in [2.24, 2.45) is 10.7 Å². The van der Waals surface area contributed by atoms with Gasteiger partial charge in [-0.25, -0.2) is 9.79 Å². The number of aryl methyl sites for hydroxylation is 2. The Labute approximate surface area is 113 Å². The number of nitrogens with zero attached hydrogens (tertiary/aromatic N) is 1. The summed E-state index contributed by atoms with van der Waals surface area (Å²) in [4.78, 5) is 15.3. The van der Waals surface area contributed by atoms with Crippen LogP contribution in [0.4, 0.5) is 5.69 Å². The van der Waals surface area contributed by atoms with E-state index in [2.05, 4.69) is 20.9 Å². The smallest absolute Gasteiger partial charge is 0.339 e. The highest BCUT2D eigenvalue weighted by atomic mass is 79.9. The van der Waals surface area contributed by atoms with Crippen LogP contribution in [-0.4, -0.2) is 22.8 Å². The standard InChI is InChI=1S/C11H12BrClN2O2/c1-5-3-6(2)10(15-7(14)4-13)8(9(5)12)11(16)17/h3H,4H2,1-2H3,(H2,14,15)(H,16,17). The van der Waals surface area contributed by atoms with Gasteiger partial charge in [-0.3, -0.25) is 0 Å². The van der Waals surface area contributed by atoms with Crippen LogP contribution in [0.3, 0.4) is 0 Å². The third-order valence-electron chi connectivity index (χ3n) is 2.22. The number of rotatable bonds is 3. The van der Waals surface area contributed by atoms with Gasteiger partial charge in [0.25, 0.3) is 0 Å². The average molecular weight is 320 g/mol. The zero-order chi connectivity index (χ0) is 13.2. The lowest BCUT2D eigenvalue weighted by Gasteiger charge is -2.10. The molecule has 17 heavy (non-hydrogen) atoms. The first-order chi connectivity index (χ1) is 7.88. The number of hydrogen-bond acceptors (Lipinski definition) is 2. The summed E-state index contributed by atoms with van der Waals surface area (Å²) in [5, 5.41) is 9.21. The van der Waals surface area contributed by atoms with Crippen molar-refractivity contribution in [3.63, 3.8) is 0 Å². The third kappa shape index (κ3) is 2.98. The summed E-state index contributed by atoms with van der Waals surface area (Å²) in [7, 11) is 0. The fourth-order valence-corrected chi connectivity index (χ4v) is 2.00. The Morgan fingerprint density at radius 3 is 2.59 bits per heavy atom. The van der Waals surface area contributed by atoms with Crippen molar-refractivity contribution >= 4 is 45.0 Å². The Kier molecular flexibility index (Phi) is 4.54. The molecule has 0 unspecified atom stereocenters. The van der Waals surface area contributed by atoms with Crippen molar-refractivity contribution in [2.75, 3.05) is 5.88 Å². The predicted molar refractivity (Wildman–Crippen MR) is 72.6 cm³/mol. The van der Waals surface area contributed by atoms with Crippen LogP contribution < -0.4 is 5.73 Å². The maximum Gasteiger partial charge on any atom is 0.339 e. The fraction of sp³-hybridized carbons (Fsp3) is 0.273. The van der Waals surface area contributed by atoms with Crippen LogP contribution in [0.15, 0.2) is 15.5 Å². The van der Waals surface area contributed by atoms with Crippen molar-refractivity contribution in [1.29, 1.82) is 0 Å². The van der Waals surface area contributed by atoms with Gasteiger partial charge in [0.05, 0.1) is 17.1 Å². The van der Waals surface area contributed by atoms with Crippen molar-refractivity contribution in [3.05, 3.63) is 27.2 Å². The molecule has 92 valence electrons. The molecule has 0 saturated carbocycles. The molecule has 0 aliphatic rings.